The lowest BCUT2D eigenvalue weighted by Gasteiger charge is -2.13. The van der Waals surface area contributed by atoms with Crippen LogP contribution < -0.4 is 14.2 Å². The van der Waals surface area contributed by atoms with Crippen molar-refractivity contribution in [3.8, 4) is 17.2 Å². The zero-order valence-electron chi connectivity index (χ0n) is 13.4. The molecule has 0 bridgehead atoms. The number of ether oxygens (including phenoxy) is 3. The highest BCUT2D eigenvalue weighted by atomic mass is 16.5. The summed E-state index contributed by atoms with van der Waals surface area (Å²) in [6, 6.07) is 11.4. The summed E-state index contributed by atoms with van der Waals surface area (Å²) < 4.78 is 16.1. The van der Waals surface area contributed by atoms with Gasteiger partial charge in [-0.25, -0.2) is 0 Å². The van der Waals surface area contributed by atoms with Crippen LogP contribution in [0.25, 0.3) is 11.6 Å². The van der Waals surface area contributed by atoms with Gasteiger partial charge in [0, 0.05) is 24.1 Å². The van der Waals surface area contributed by atoms with Gasteiger partial charge in [-0.3, -0.25) is 4.79 Å². The molecule has 1 aliphatic carbocycles. The van der Waals surface area contributed by atoms with Gasteiger partial charge in [0.1, 0.15) is 17.2 Å². The highest BCUT2D eigenvalue weighted by Crippen LogP contribution is 2.39. The Kier molecular flexibility index (Phi) is 4.06. The molecule has 23 heavy (non-hydrogen) atoms. The maximum atomic E-state index is 12.4. The summed E-state index contributed by atoms with van der Waals surface area (Å²) in [5.74, 6) is 1.95. The van der Waals surface area contributed by atoms with Gasteiger partial charge in [-0.15, -0.1) is 0 Å². The van der Waals surface area contributed by atoms with Gasteiger partial charge in [-0.1, -0.05) is 24.3 Å². The zero-order valence-corrected chi connectivity index (χ0v) is 13.4. The molecular weight excluding hydrogens is 292 g/mol. The number of hydrogen-bond donors (Lipinski definition) is 0. The van der Waals surface area contributed by atoms with Crippen LogP contribution in [0.1, 0.15) is 16.7 Å². The second kappa shape index (κ2) is 6.16. The number of rotatable bonds is 4. The van der Waals surface area contributed by atoms with E-state index in [-0.39, 0.29) is 5.78 Å². The van der Waals surface area contributed by atoms with E-state index in [1.807, 2.05) is 30.3 Å². The third kappa shape index (κ3) is 2.68. The van der Waals surface area contributed by atoms with Gasteiger partial charge in [0.25, 0.3) is 0 Å². The number of Topliss-reactive ketones (excluding diaryl/α,β-unsaturated/α-hetero) is 1. The molecule has 0 spiro atoms. The maximum absolute atomic E-state index is 12.4. The van der Waals surface area contributed by atoms with Gasteiger partial charge >= 0.3 is 0 Å². The van der Waals surface area contributed by atoms with Crippen molar-refractivity contribution in [3.63, 3.8) is 0 Å². The molecule has 0 aliphatic heterocycles. The van der Waals surface area contributed by atoms with E-state index in [9.17, 15) is 4.79 Å². The standard InChI is InChI=1S/C19H18O4/c1-21-13-9-18(22-2)16(19(10-13)23-3)11-15-14-7-5-4-6-12(14)8-17(15)20/h4-7,9-11H,8H2,1-3H3. The summed E-state index contributed by atoms with van der Waals surface area (Å²) in [7, 11) is 4.75. The van der Waals surface area contributed by atoms with Crippen LogP contribution in [0.4, 0.5) is 0 Å². The van der Waals surface area contributed by atoms with Crippen LogP contribution >= 0.6 is 0 Å². The number of benzene rings is 2. The largest absolute Gasteiger partial charge is 0.496 e. The molecule has 0 amide bonds. The molecule has 0 fully saturated rings. The van der Waals surface area contributed by atoms with Crippen molar-refractivity contribution in [3.05, 3.63) is 53.1 Å². The van der Waals surface area contributed by atoms with E-state index in [2.05, 4.69) is 0 Å². The number of hydrogen-bond acceptors (Lipinski definition) is 4. The van der Waals surface area contributed by atoms with E-state index >= 15 is 0 Å². The number of allylic oxidation sites excluding steroid dienone is 1. The molecule has 2 aromatic carbocycles. The first kappa shape index (κ1) is 15.2. The van der Waals surface area contributed by atoms with E-state index in [1.165, 1.54) is 0 Å². The SMILES string of the molecule is COc1cc(OC)c(C=C2C(=O)Cc3ccccc32)c(OC)c1. The molecule has 0 unspecified atom stereocenters. The van der Waals surface area contributed by atoms with E-state index < -0.39 is 0 Å². The Morgan fingerprint density at radius 1 is 0.957 bits per heavy atom. The summed E-state index contributed by atoms with van der Waals surface area (Å²) in [5, 5.41) is 0. The monoisotopic (exact) mass is 310 g/mol. The molecule has 118 valence electrons. The molecule has 4 nitrogen and oxygen atoms in total. The fourth-order valence-corrected chi connectivity index (χ4v) is 2.83. The molecule has 0 saturated carbocycles. The molecule has 0 atom stereocenters. The Morgan fingerprint density at radius 3 is 2.22 bits per heavy atom. The minimum absolute atomic E-state index is 0.103. The summed E-state index contributed by atoms with van der Waals surface area (Å²) in [6.45, 7) is 0. The summed E-state index contributed by atoms with van der Waals surface area (Å²) in [6.07, 6.45) is 2.27. The second-order valence-electron chi connectivity index (χ2n) is 5.26. The van der Waals surface area contributed by atoms with E-state index in [4.69, 9.17) is 14.2 Å². The molecule has 0 heterocycles. The Labute approximate surface area is 135 Å². The van der Waals surface area contributed by atoms with Gasteiger partial charge in [-0.05, 0) is 17.2 Å². The number of fused-ring (bicyclic) bond motifs is 1. The average molecular weight is 310 g/mol. The molecule has 0 radical (unpaired) electrons. The topological polar surface area (TPSA) is 44.8 Å². The zero-order chi connectivity index (χ0) is 16.4. The van der Waals surface area contributed by atoms with Crippen molar-refractivity contribution in [2.45, 2.75) is 6.42 Å². The molecule has 0 N–H and O–H groups in total. The van der Waals surface area contributed by atoms with Crippen molar-refractivity contribution in [1.29, 1.82) is 0 Å². The first-order valence-electron chi connectivity index (χ1n) is 7.31. The minimum atomic E-state index is 0.103. The van der Waals surface area contributed by atoms with Crippen molar-refractivity contribution < 1.29 is 19.0 Å². The second-order valence-corrected chi connectivity index (χ2v) is 5.26. The van der Waals surface area contributed by atoms with Gasteiger partial charge in [0.2, 0.25) is 0 Å². The fourth-order valence-electron chi connectivity index (χ4n) is 2.83. The lowest BCUT2D eigenvalue weighted by molar-refractivity contribution is -0.112. The number of methoxy groups -OCH3 is 3. The summed E-state index contributed by atoms with van der Waals surface area (Å²) in [4.78, 5) is 12.4. The molecule has 2 aromatic rings. The Bertz CT molecular complexity index is 765. The predicted octanol–water partition coefficient (Wildman–Crippen LogP) is 3.38. The summed E-state index contributed by atoms with van der Waals surface area (Å²) in [5.41, 5.74) is 3.44. The molecule has 0 aromatic heterocycles. The van der Waals surface area contributed by atoms with Gasteiger partial charge in [-0.2, -0.15) is 0 Å². The van der Waals surface area contributed by atoms with E-state index in [1.54, 1.807) is 33.5 Å². The van der Waals surface area contributed by atoms with Gasteiger partial charge < -0.3 is 14.2 Å². The smallest absolute Gasteiger partial charge is 0.167 e. The number of carbonyl (C=O) groups excluding carboxylic acids is 1. The van der Waals surface area contributed by atoms with Gasteiger partial charge in [0.15, 0.2) is 5.78 Å². The van der Waals surface area contributed by atoms with E-state index in [0.29, 0.717) is 29.2 Å². The van der Waals surface area contributed by atoms with E-state index in [0.717, 1.165) is 16.7 Å². The normalized spacial score (nSPS) is 14.7. The predicted molar refractivity (Wildman–Crippen MR) is 89.1 cm³/mol. The fraction of sp³-hybridized carbons (Fsp3) is 0.211. The third-order valence-electron chi connectivity index (χ3n) is 4.00. The van der Waals surface area contributed by atoms with Gasteiger partial charge in [0.05, 0.1) is 26.9 Å². The Hall–Kier alpha value is -2.75. The van der Waals surface area contributed by atoms with Crippen molar-refractivity contribution >= 4 is 17.4 Å². The molecular formula is C19H18O4. The van der Waals surface area contributed by atoms with Crippen LogP contribution in [0.5, 0.6) is 17.2 Å². The third-order valence-corrected chi connectivity index (χ3v) is 4.00. The minimum Gasteiger partial charge on any atom is -0.496 e. The molecule has 3 rings (SSSR count). The summed E-state index contributed by atoms with van der Waals surface area (Å²) >= 11 is 0. The first-order chi connectivity index (χ1) is 11.2. The lowest BCUT2D eigenvalue weighted by atomic mass is 10.0. The van der Waals surface area contributed by atoms with Crippen LogP contribution in [0.3, 0.4) is 0 Å². The molecule has 1 aliphatic rings. The number of ketones is 1. The van der Waals surface area contributed by atoms with Crippen LogP contribution in [0.15, 0.2) is 36.4 Å². The Balaban J connectivity index is 2.18. The van der Waals surface area contributed by atoms with Crippen molar-refractivity contribution in [2.75, 3.05) is 21.3 Å². The Morgan fingerprint density at radius 2 is 1.61 bits per heavy atom. The van der Waals surface area contributed by atoms with Crippen LogP contribution in [-0.4, -0.2) is 27.1 Å². The average Bonchev–Trinajstić information content (AvgIpc) is 2.90. The van der Waals surface area contributed by atoms with Crippen LogP contribution in [-0.2, 0) is 11.2 Å². The first-order valence-corrected chi connectivity index (χ1v) is 7.31. The highest BCUT2D eigenvalue weighted by Gasteiger charge is 2.25. The molecule has 4 heteroatoms. The van der Waals surface area contributed by atoms with Crippen LogP contribution in [0.2, 0.25) is 0 Å². The lowest BCUT2D eigenvalue weighted by Crippen LogP contribution is -1.98. The van der Waals surface area contributed by atoms with Crippen molar-refractivity contribution in [1.82, 2.24) is 0 Å². The maximum Gasteiger partial charge on any atom is 0.167 e. The van der Waals surface area contributed by atoms with Crippen LogP contribution in [0, 0.1) is 0 Å². The quantitative estimate of drug-likeness (QED) is 0.812. The highest BCUT2D eigenvalue weighted by molar-refractivity contribution is 6.29. The number of carbonyl (C=O) groups is 1. The molecule has 0 saturated heterocycles. The van der Waals surface area contributed by atoms with Crippen molar-refractivity contribution in [2.24, 2.45) is 0 Å².